The van der Waals surface area contributed by atoms with Gasteiger partial charge >= 0.3 is 0 Å². The summed E-state index contributed by atoms with van der Waals surface area (Å²) in [6.07, 6.45) is 0.727. The number of benzene rings is 2. The van der Waals surface area contributed by atoms with Crippen LogP contribution in [0, 0.1) is 25.5 Å². The Labute approximate surface area is 161 Å². The van der Waals surface area contributed by atoms with Gasteiger partial charge in [-0.05, 0) is 44.0 Å². The van der Waals surface area contributed by atoms with E-state index < -0.39 is 17.7 Å². The summed E-state index contributed by atoms with van der Waals surface area (Å²) in [5.74, 6) is -0.842. The van der Waals surface area contributed by atoms with Gasteiger partial charge in [0.05, 0.1) is 6.54 Å². The van der Waals surface area contributed by atoms with Crippen molar-refractivity contribution in [1.29, 1.82) is 0 Å². The molecular weight excluding hydrogens is 364 g/mol. The molecule has 3 aromatic rings. The van der Waals surface area contributed by atoms with Gasteiger partial charge in [0, 0.05) is 17.5 Å². The van der Waals surface area contributed by atoms with Crippen molar-refractivity contribution in [2.24, 2.45) is 0 Å². The second-order valence-corrected chi connectivity index (χ2v) is 7.05. The highest BCUT2D eigenvalue weighted by molar-refractivity contribution is 5.79. The number of carbonyl (C=O) groups is 1. The molecule has 1 fully saturated rings. The zero-order valence-corrected chi connectivity index (χ0v) is 15.6. The molecule has 2 heterocycles. The van der Waals surface area contributed by atoms with E-state index in [0.717, 1.165) is 16.7 Å². The molecule has 0 N–H and O–H groups in total. The fourth-order valence-corrected chi connectivity index (χ4v) is 3.50. The quantitative estimate of drug-likeness (QED) is 0.666. The van der Waals surface area contributed by atoms with Crippen LogP contribution in [-0.4, -0.2) is 20.9 Å². The van der Waals surface area contributed by atoms with Crippen molar-refractivity contribution >= 4 is 5.91 Å². The van der Waals surface area contributed by atoms with Crippen LogP contribution in [0.5, 0.6) is 0 Å². The molecule has 0 spiro atoms. The van der Waals surface area contributed by atoms with Crippen molar-refractivity contribution in [3.63, 3.8) is 0 Å². The molecule has 1 aliphatic heterocycles. The third-order valence-corrected chi connectivity index (χ3v) is 5.08. The van der Waals surface area contributed by atoms with E-state index in [1.165, 1.54) is 23.1 Å². The standard InChI is InChI=1S/C21H19F2N3O2/c1-12-6-7-13(2)14(10-12)20-24-21(28-25-20)18-8-9-19(27)26(18)11-15-16(22)4-3-5-17(15)23/h3-7,10,18H,8-9,11H2,1-2H3. The lowest BCUT2D eigenvalue weighted by Crippen LogP contribution is -2.28. The minimum absolute atomic E-state index is 0.142. The van der Waals surface area contributed by atoms with Crippen molar-refractivity contribution < 1.29 is 18.1 Å². The summed E-state index contributed by atoms with van der Waals surface area (Å²) in [6.45, 7) is 3.75. The second-order valence-electron chi connectivity index (χ2n) is 7.05. The molecule has 4 rings (SSSR count). The molecule has 1 saturated heterocycles. The number of hydrogen-bond donors (Lipinski definition) is 0. The Morgan fingerprint density at radius 3 is 2.68 bits per heavy atom. The molecule has 144 valence electrons. The zero-order valence-electron chi connectivity index (χ0n) is 15.6. The molecule has 1 amide bonds. The Balaban J connectivity index is 1.64. The number of hydrogen-bond acceptors (Lipinski definition) is 4. The molecular formula is C21H19F2N3O2. The van der Waals surface area contributed by atoms with Gasteiger partial charge in [-0.15, -0.1) is 0 Å². The number of aromatic nitrogens is 2. The first kappa shape index (κ1) is 18.3. The minimum atomic E-state index is -0.681. The van der Waals surface area contributed by atoms with Gasteiger partial charge in [0.2, 0.25) is 17.6 Å². The fraction of sp³-hybridized carbons (Fsp3) is 0.286. The summed E-state index contributed by atoms with van der Waals surface area (Å²) in [6, 6.07) is 9.10. The van der Waals surface area contributed by atoms with E-state index >= 15 is 0 Å². The SMILES string of the molecule is Cc1ccc(C)c(-c2noc(C3CCC(=O)N3Cc3c(F)cccc3F)n2)c1. The summed E-state index contributed by atoms with van der Waals surface area (Å²) >= 11 is 0. The number of nitrogens with zero attached hydrogens (tertiary/aromatic N) is 3. The zero-order chi connectivity index (χ0) is 19.8. The van der Waals surface area contributed by atoms with Crippen molar-refractivity contribution in [1.82, 2.24) is 15.0 Å². The molecule has 0 aliphatic carbocycles. The molecule has 28 heavy (non-hydrogen) atoms. The van der Waals surface area contributed by atoms with Crippen LogP contribution in [0.25, 0.3) is 11.4 Å². The maximum Gasteiger partial charge on any atom is 0.249 e. The third-order valence-electron chi connectivity index (χ3n) is 5.08. The Bertz CT molecular complexity index is 1030. The normalized spacial score (nSPS) is 16.8. The molecule has 0 saturated carbocycles. The van der Waals surface area contributed by atoms with Gasteiger partial charge in [0.1, 0.15) is 17.7 Å². The number of aryl methyl sites for hydroxylation is 2. The number of rotatable bonds is 4. The maximum atomic E-state index is 14.0. The molecule has 5 nitrogen and oxygen atoms in total. The van der Waals surface area contributed by atoms with Crippen LogP contribution in [0.4, 0.5) is 8.78 Å². The van der Waals surface area contributed by atoms with Crippen LogP contribution in [-0.2, 0) is 11.3 Å². The van der Waals surface area contributed by atoms with Crippen LogP contribution in [0.3, 0.4) is 0 Å². The summed E-state index contributed by atoms with van der Waals surface area (Å²) in [7, 11) is 0. The Hall–Kier alpha value is -3.09. The number of amides is 1. The van der Waals surface area contributed by atoms with Crippen LogP contribution >= 0.6 is 0 Å². The van der Waals surface area contributed by atoms with Gasteiger partial charge in [-0.25, -0.2) is 8.78 Å². The van der Waals surface area contributed by atoms with Crippen LogP contribution in [0.15, 0.2) is 40.9 Å². The lowest BCUT2D eigenvalue weighted by molar-refractivity contribution is -0.130. The predicted octanol–water partition coefficient (Wildman–Crippen LogP) is 4.50. The third kappa shape index (κ3) is 3.28. The van der Waals surface area contributed by atoms with E-state index in [0.29, 0.717) is 12.2 Å². The second kappa shape index (κ2) is 7.14. The van der Waals surface area contributed by atoms with Gasteiger partial charge in [-0.3, -0.25) is 4.79 Å². The van der Waals surface area contributed by atoms with E-state index in [9.17, 15) is 13.6 Å². The van der Waals surface area contributed by atoms with Crippen LogP contribution in [0.2, 0.25) is 0 Å². The van der Waals surface area contributed by atoms with E-state index in [2.05, 4.69) is 10.1 Å². The molecule has 0 radical (unpaired) electrons. The van der Waals surface area contributed by atoms with Crippen molar-refractivity contribution in [2.75, 3.05) is 0 Å². The average molecular weight is 383 g/mol. The highest BCUT2D eigenvalue weighted by Crippen LogP contribution is 2.35. The summed E-state index contributed by atoms with van der Waals surface area (Å²) in [4.78, 5) is 18.2. The van der Waals surface area contributed by atoms with Crippen molar-refractivity contribution in [3.05, 3.63) is 70.6 Å². The molecule has 2 aromatic carbocycles. The van der Waals surface area contributed by atoms with Crippen LogP contribution < -0.4 is 0 Å². The topological polar surface area (TPSA) is 59.2 Å². The highest BCUT2D eigenvalue weighted by Gasteiger charge is 2.37. The fourth-order valence-electron chi connectivity index (χ4n) is 3.50. The lowest BCUT2D eigenvalue weighted by atomic mass is 10.1. The number of carbonyl (C=O) groups excluding carboxylic acids is 1. The van der Waals surface area contributed by atoms with E-state index in [-0.39, 0.29) is 30.3 Å². The first-order valence-corrected chi connectivity index (χ1v) is 9.07. The monoisotopic (exact) mass is 383 g/mol. The van der Waals surface area contributed by atoms with Crippen molar-refractivity contribution in [3.8, 4) is 11.4 Å². The number of likely N-dealkylation sites (tertiary alicyclic amines) is 1. The van der Waals surface area contributed by atoms with E-state index in [1.54, 1.807) is 0 Å². The Morgan fingerprint density at radius 2 is 1.93 bits per heavy atom. The number of halogens is 2. The minimum Gasteiger partial charge on any atom is -0.337 e. The van der Waals surface area contributed by atoms with E-state index in [4.69, 9.17) is 4.52 Å². The summed E-state index contributed by atoms with van der Waals surface area (Å²) in [5, 5.41) is 4.06. The van der Waals surface area contributed by atoms with Gasteiger partial charge in [0.15, 0.2) is 0 Å². The van der Waals surface area contributed by atoms with Gasteiger partial charge in [-0.1, -0.05) is 28.9 Å². The Morgan fingerprint density at radius 1 is 1.18 bits per heavy atom. The molecule has 1 aromatic heterocycles. The van der Waals surface area contributed by atoms with Crippen LogP contribution in [0.1, 0.15) is 41.5 Å². The first-order valence-electron chi connectivity index (χ1n) is 9.07. The van der Waals surface area contributed by atoms with Gasteiger partial charge < -0.3 is 9.42 Å². The highest BCUT2D eigenvalue weighted by atomic mass is 19.1. The summed E-state index contributed by atoms with van der Waals surface area (Å²) < 4.78 is 33.5. The molecule has 1 unspecified atom stereocenters. The first-order chi connectivity index (χ1) is 13.4. The largest absolute Gasteiger partial charge is 0.337 e. The molecule has 0 bridgehead atoms. The molecule has 1 aliphatic rings. The smallest absolute Gasteiger partial charge is 0.249 e. The molecule has 7 heteroatoms. The van der Waals surface area contributed by atoms with E-state index in [1.807, 2.05) is 32.0 Å². The van der Waals surface area contributed by atoms with Crippen molar-refractivity contribution in [2.45, 2.75) is 39.3 Å². The van der Waals surface area contributed by atoms with Gasteiger partial charge in [0.25, 0.3) is 0 Å². The van der Waals surface area contributed by atoms with Gasteiger partial charge in [-0.2, -0.15) is 4.98 Å². The summed E-state index contributed by atoms with van der Waals surface area (Å²) in [5.41, 5.74) is 2.79. The maximum absolute atomic E-state index is 14.0. The average Bonchev–Trinajstić information content (AvgIpc) is 3.27. The predicted molar refractivity (Wildman–Crippen MR) is 98.1 cm³/mol. The molecule has 1 atom stereocenters. The Kier molecular flexibility index (Phi) is 4.66. The lowest BCUT2D eigenvalue weighted by Gasteiger charge is -2.22.